The molecule has 3 rings (SSSR count). The van der Waals surface area contributed by atoms with Crippen molar-refractivity contribution in [2.75, 3.05) is 10.6 Å². The predicted octanol–water partition coefficient (Wildman–Crippen LogP) is 4.91. The minimum atomic E-state index is -0.269. The van der Waals surface area contributed by atoms with Gasteiger partial charge in [0, 0.05) is 22.5 Å². The Morgan fingerprint density at radius 3 is 2.69 bits per heavy atom. The van der Waals surface area contributed by atoms with E-state index >= 15 is 0 Å². The lowest BCUT2D eigenvalue weighted by atomic mass is 10.1. The second kappa shape index (κ2) is 7.68. The maximum absolute atomic E-state index is 12.5. The summed E-state index contributed by atoms with van der Waals surface area (Å²) < 4.78 is 0. The van der Waals surface area contributed by atoms with E-state index in [1.165, 1.54) is 6.20 Å². The molecule has 0 saturated heterocycles. The summed E-state index contributed by atoms with van der Waals surface area (Å²) in [5, 5.41) is 15.7. The molecule has 1 heterocycles. The molecule has 3 aromatic rings. The molecule has 0 aliphatic carbocycles. The van der Waals surface area contributed by atoms with Crippen LogP contribution in [0.25, 0.3) is 0 Å². The van der Waals surface area contributed by atoms with Crippen molar-refractivity contribution in [3.05, 3.63) is 82.5 Å². The Hall–Kier alpha value is -3.36. The summed E-state index contributed by atoms with van der Waals surface area (Å²) in [4.78, 5) is 16.8. The first-order valence-corrected chi connectivity index (χ1v) is 8.25. The van der Waals surface area contributed by atoms with E-state index in [4.69, 9.17) is 16.9 Å². The molecule has 0 fully saturated rings. The number of amides is 1. The summed E-state index contributed by atoms with van der Waals surface area (Å²) in [6, 6.07) is 17.8. The van der Waals surface area contributed by atoms with E-state index in [0.717, 1.165) is 5.56 Å². The van der Waals surface area contributed by atoms with Gasteiger partial charge in [-0.15, -0.1) is 0 Å². The molecule has 1 amide bonds. The van der Waals surface area contributed by atoms with Gasteiger partial charge in [0.25, 0.3) is 5.91 Å². The molecule has 6 heteroatoms. The van der Waals surface area contributed by atoms with E-state index in [-0.39, 0.29) is 5.91 Å². The molecular formula is C20H15ClN4O. The van der Waals surface area contributed by atoms with Gasteiger partial charge in [-0.25, -0.2) is 4.98 Å². The number of anilines is 3. The van der Waals surface area contributed by atoms with Crippen molar-refractivity contribution in [3.8, 4) is 6.07 Å². The molecule has 0 unspecified atom stereocenters. The van der Waals surface area contributed by atoms with E-state index < -0.39 is 0 Å². The number of para-hydroxylation sites is 1. The van der Waals surface area contributed by atoms with Gasteiger partial charge in [0.2, 0.25) is 0 Å². The van der Waals surface area contributed by atoms with E-state index in [9.17, 15) is 4.79 Å². The van der Waals surface area contributed by atoms with E-state index in [2.05, 4.69) is 21.7 Å². The molecule has 128 valence electrons. The van der Waals surface area contributed by atoms with Gasteiger partial charge in [-0.3, -0.25) is 4.79 Å². The minimum absolute atomic E-state index is 0.269. The third-order valence-corrected chi connectivity index (χ3v) is 4.26. The number of hydrogen-bond acceptors (Lipinski definition) is 4. The summed E-state index contributed by atoms with van der Waals surface area (Å²) in [5.74, 6) is 0.206. The molecule has 0 bridgehead atoms. The largest absolute Gasteiger partial charge is 0.339 e. The van der Waals surface area contributed by atoms with Crippen molar-refractivity contribution < 1.29 is 4.79 Å². The monoisotopic (exact) mass is 362 g/mol. The summed E-state index contributed by atoms with van der Waals surface area (Å²) >= 11 is 6.09. The number of benzene rings is 2. The Balaban J connectivity index is 1.82. The fraction of sp³-hybridized carbons (Fsp3) is 0.0500. The first kappa shape index (κ1) is 17.5. The summed E-state index contributed by atoms with van der Waals surface area (Å²) in [6.07, 6.45) is 1.54. The zero-order chi connectivity index (χ0) is 18.5. The molecule has 0 radical (unpaired) electrons. The number of rotatable bonds is 4. The normalized spacial score (nSPS) is 10.0. The van der Waals surface area contributed by atoms with Crippen LogP contribution >= 0.6 is 11.6 Å². The highest BCUT2D eigenvalue weighted by Gasteiger charge is 2.11. The second-order valence-corrected chi connectivity index (χ2v) is 5.99. The standard InChI is InChI=1S/C20H15ClN4O/c1-13-16(21)6-4-8-17(13)25-20(26)14-9-10-23-19(11-14)24-18-7-3-2-5-15(18)12-22/h2-11H,1H3,(H,23,24)(H,25,26). The Morgan fingerprint density at radius 2 is 1.88 bits per heavy atom. The highest BCUT2D eigenvalue weighted by atomic mass is 35.5. The van der Waals surface area contributed by atoms with Crippen LogP contribution < -0.4 is 10.6 Å². The van der Waals surface area contributed by atoms with Crippen LogP contribution in [0.2, 0.25) is 5.02 Å². The van der Waals surface area contributed by atoms with Crippen molar-refractivity contribution >= 4 is 34.7 Å². The van der Waals surface area contributed by atoms with E-state index in [0.29, 0.717) is 33.3 Å². The molecule has 2 N–H and O–H groups in total. The Morgan fingerprint density at radius 1 is 1.12 bits per heavy atom. The topological polar surface area (TPSA) is 77.8 Å². The van der Waals surface area contributed by atoms with Gasteiger partial charge >= 0.3 is 0 Å². The van der Waals surface area contributed by atoms with Crippen LogP contribution in [-0.2, 0) is 0 Å². The maximum atomic E-state index is 12.5. The van der Waals surface area contributed by atoms with Crippen molar-refractivity contribution in [1.82, 2.24) is 4.98 Å². The fourth-order valence-corrected chi connectivity index (χ4v) is 2.58. The number of nitriles is 1. The Labute approximate surface area is 156 Å². The molecule has 26 heavy (non-hydrogen) atoms. The molecule has 0 saturated carbocycles. The summed E-state index contributed by atoms with van der Waals surface area (Å²) in [6.45, 7) is 1.84. The van der Waals surface area contributed by atoms with Crippen molar-refractivity contribution in [1.29, 1.82) is 5.26 Å². The van der Waals surface area contributed by atoms with Gasteiger partial charge in [0.05, 0.1) is 11.3 Å². The smallest absolute Gasteiger partial charge is 0.255 e. The molecular weight excluding hydrogens is 348 g/mol. The molecule has 0 aliphatic rings. The summed E-state index contributed by atoms with van der Waals surface area (Å²) in [5.41, 5.74) is 3.03. The minimum Gasteiger partial charge on any atom is -0.339 e. The van der Waals surface area contributed by atoms with Crippen LogP contribution in [0, 0.1) is 18.3 Å². The number of pyridine rings is 1. The van der Waals surface area contributed by atoms with Crippen LogP contribution in [0.15, 0.2) is 60.8 Å². The number of halogens is 1. The van der Waals surface area contributed by atoms with Gasteiger partial charge < -0.3 is 10.6 Å². The van der Waals surface area contributed by atoms with Crippen molar-refractivity contribution in [2.24, 2.45) is 0 Å². The van der Waals surface area contributed by atoms with Gasteiger partial charge in [-0.1, -0.05) is 29.8 Å². The third-order valence-electron chi connectivity index (χ3n) is 3.85. The maximum Gasteiger partial charge on any atom is 0.255 e. The van der Waals surface area contributed by atoms with Crippen molar-refractivity contribution in [3.63, 3.8) is 0 Å². The number of hydrogen-bond donors (Lipinski definition) is 2. The van der Waals surface area contributed by atoms with Crippen molar-refractivity contribution in [2.45, 2.75) is 6.92 Å². The average molecular weight is 363 g/mol. The zero-order valence-electron chi connectivity index (χ0n) is 14.0. The highest BCUT2D eigenvalue weighted by Crippen LogP contribution is 2.24. The molecule has 2 aromatic carbocycles. The lowest BCUT2D eigenvalue weighted by Gasteiger charge is -2.11. The number of aromatic nitrogens is 1. The first-order chi connectivity index (χ1) is 12.6. The number of carbonyl (C=O) groups is 1. The van der Waals surface area contributed by atoms with Gasteiger partial charge in [-0.2, -0.15) is 5.26 Å². The van der Waals surface area contributed by atoms with Gasteiger partial charge in [-0.05, 0) is 48.9 Å². The number of nitrogens with zero attached hydrogens (tertiary/aromatic N) is 2. The van der Waals surface area contributed by atoms with E-state index in [1.54, 1.807) is 48.5 Å². The molecule has 0 atom stereocenters. The average Bonchev–Trinajstić information content (AvgIpc) is 2.66. The van der Waals surface area contributed by atoms with Crippen LogP contribution in [-0.4, -0.2) is 10.9 Å². The lowest BCUT2D eigenvalue weighted by molar-refractivity contribution is 0.102. The van der Waals surface area contributed by atoms with Crippen LogP contribution in [0.5, 0.6) is 0 Å². The van der Waals surface area contributed by atoms with Gasteiger partial charge in [0.1, 0.15) is 11.9 Å². The number of nitrogens with one attached hydrogen (secondary N) is 2. The zero-order valence-corrected chi connectivity index (χ0v) is 14.7. The molecule has 1 aromatic heterocycles. The van der Waals surface area contributed by atoms with E-state index in [1.807, 2.05) is 13.0 Å². The van der Waals surface area contributed by atoms with Crippen LogP contribution in [0.3, 0.4) is 0 Å². The Kier molecular flexibility index (Phi) is 5.16. The molecule has 5 nitrogen and oxygen atoms in total. The molecule has 0 aliphatic heterocycles. The first-order valence-electron chi connectivity index (χ1n) is 7.87. The SMILES string of the molecule is Cc1c(Cl)cccc1NC(=O)c1ccnc(Nc2ccccc2C#N)c1. The third kappa shape index (κ3) is 3.82. The van der Waals surface area contributed by atoms with Gasteiger partial charge in [0.15, 0.2) is 0 Å². The molecule has 0 spiro atoms. The quantitative estimate of drug-likeness (QED) is 0.691. The lowest BCUT2D eigenvalue weighted by Crippen LogP contribution is -2.13. The van der Waals surface area contributed by atoms with Crippen LogP contribution in [0.1, 0.15) is 21.5 Å². The Bertz CT molecular complexity index is 1010. The van der Waals surface area contributed by atoms with Crippen LogP contribution in [0.4, 0.5) is 17.2 Å². The predicted molar refractivity (Wildman–Crippen MR) is 103 cm³/mol. The fourth-order valence-electron chi connectivity index (χ4n) is 2.41. The highest BCUT2D eigenvalue weighted by molar-refractivity contribution is 6.31. The second-order valence-electron chi connectivity index (χ2n) is 5.58. The summed E-state index contributed by atoms with van der Waals surface area (Å²) in [7, 11) is 0. The number of carbonyl (C=O) groups excluding carboxylic acids is 1.